The third-order valence-corrected chi connectivity index (χ3v) is 3.02. The molecule has 0 aliphatic carbocycles. The van der Waals surface area contributed by atoms with Crippen LogP contribution >= 0.6 is 0 Å². The average Bonchev–Trinajstić information content (AvgIpc) is 2.53. The van der Waals surface area contributed by atoms with Gasteiger partial charge in [-0.05, 0) is 23.8 Å². The molecule has 3 aromatic rings. The first-order chi connectivity index (χ1) is 10.7. The number of hydrogen-bond acceptors (Lipinski definition) is 4. The van der Waals surface area contributed by atoms with Crippen molar-refractivity contribution in [3.05, 3.63) is 72.3 Å². The van der Waals surface area contributed by atoms with Gasteiger partial charge >= 0.3 is 0 Å². The van der Waals surface area contributed by atoms with Crippen molar-refractivity contribution >= 4 is 5.82 Å². The first kappa shape index (κ1) is 14.1. The van der Waals surface area contributed by atoms with E-state index >= 15 is 0 Å². The molecule has 0 bridgehead atoms. The molecule has 0 fully saturated rings. The van der Waals surface area contributed by atoms with Crippen molar-refractivity contribution < 1.29 is 8.78 Å². The highest BCUT2D eigenvalue weighted by Crippen LogP contribution is 2.17. The number of pyridine rings is 1. The molecular weight excluding hydrogens is 286 g/mol. The Hall–Kier alpha value is -2.89. The lowest BCUT2D eigenvalue weighted by molar-refractivity contribution is 0.584. The fourth-order valence-electron chi connectivity index (χ4n) is 1.99. The molecule has 1 aromatic carbocycles. The minimum absolute atomic E-state index is 0.286. The molecule has 0 saturated heterocycles. The van der Waals surface area contributed by atoms with Gasteiger partial charge in [-0.25, -0.2) is 14.4 Å². The lowest BCUT2D eigenvalue weighted by Crippen LogP contribution is -2.03. The molecule has 0 unspecified atom stereocenters. The summed E-state index contributed by atoms with van der Waals surface area (Å²) in [5.74, 6) is -0.331. The fraction of sp³-hybridized carbons (Fsp3) is 0.0625. The van der Waals surface area contributed by atoms with Crippen LogP contribution in [0.5, 0.6) is 0 Å². The van der Waals surface area contributed by atoms with Crippen molar-refractivity contribution in [1.29, 1.82) is 0 Å². The third-order valence-electron chi connectivity index (χ3n) is 3.02. The van der Waals surface area contributed by atoms with Crippen molar-refractivity contribution in [3.63, 3.8) is 0 Å². The molecular formula is C16H12F2N4. The maximum Gasteiger partial charge on any atom is 0.213 e. The van der Waals surface area contributed by atoms with Gasteiger partial charge in [0.2, 0.25) is 5.95 Å². The second kappa shape index (κ2) is 6.26. The second-order valence-corrected chi connectivity index (χ2v) is 4.64. The Morgan fingerprint density at radius 3 is 2.77 bits per heavy atom. The highest BCUT2D eigenvalue weighted by molar-refractivity contribution is 5.59. The van der Waals surface area contributed by atoms with Crippen molar-refractivity contribution in [3.8, 4) is 11.3 Å². The smallest absolute Gasteiger partial charge is 0.213 e. The van der Waals surface area contributed by atoms with Gasteiger partial charge in [-0.15, -0.1) is 0 Å². The van der Waals surface area contributed by atoms with E-state index in [9.17, 15) is 8.78 Å². The maximum atomic E-state index is 13.2. The highest BCUT2D eigenvalue weighted by atomic mass is 19.1. The van der Waals surface area contributed by atoms with E-state index in [0.29, 0.717) is 23.6 Å². The van der Waals surface area contributed by atoms with Crippen molar-refractivity contribution in [2.24, 2.45) is 0 Å². The van der Waals surface area contributed by atoms with E-state index < -0.39 is 5.95 Å². The van der Waals surface area contributed by atoms with Crippen molar-refractivity contribution in [2.45, 2.75) is 6.54 Å². The SMILES string of the molecule is Fc1cccc(CNc2cncc(-c3ccnc(F)c3)n2)c1. The number of halogens is 2. The predicted octanol–water partition coefficient (Wildman–Crippen LogP) is 3.43. The molecule has 110 valence electrons. The number of hydrogen-bond donors (Lipinski definition) is 1. The summed E-state index contributed by atoms with van der Waals surface area (Å²) in [4.78, 5) is 11.9. The lowest BCUT2D eigenvalue weighted by Gasteiger charge is -2.07. The summed E-state index contributed by atoms with van der Waals surface area (Å²) in [5.41, 5.74) is 1.92. The monoisotopic (exact) mass is 298 g/mol. The summed E-state index contributed by atoms with van der Waals surface area (Å²) in [5, 5.41) is 3.06. The van der Waals surface area contributed by atoms with Crippen LogP contribution in [0.3, 0.4) is 0 Å². The molecule has 0 aliphatic heterocycles. The molecule has 0 radical (unpaired) electrons. The zero-order chi connectivity index (χ0) is 15.4. The zero-order valence-corrected chi connectivity index (χ0v) is 11.5. The van der Waals surface area contributed by atoms with E-state index in [0.717, 1.165) is 5.56 Å². The van der Waals surface area contributed by atoms with Crippen LogP contribution in [-0.4, -0.2) is 15.0 Å². The minimum atomic E-state index is -0.572. The molecule has 2 aromatic heterocycles. The summed E-state index contributed by atoms with van der Waals surface area (Å²) < 4.78 is 26.3. The highest BCUT2D eigenvalue weighted by Gasteiger charge is 2.04. The van der Waals surface area contributed by atoms with Gasteiger partial charge in [0.05, 0.1) is 18.1 Å². The van der Waals surface area contributed by atoms with Crippen LogP contribution in [0.15, 0.2) is 55.0 Å². The summed E-state index contributed by atoms with van der Waals surface area (Å²) >= 11 is 0. The molecule has 3 rings (SSSR count). The van der Waals surface area contributed by atoms with Crippen LogP contribution in [0.2, 0.25) is 0 Å². The summed E-state index contributed by atoms with van der Waals surface area (Å²) in [7, 11) is 0. The number of nitrogens with zero attached hydrogens (tertiary/aromatic N) is 3. The number of benzene rings is 1. The molecule has 0 amide bonds. The quantitative estimate of drug-likeness (QED) is 0.750. The van der Waals surface area contributed by atoms with Crippen LogP contribution in [0, 0.1) is 11.8 Å². The van der Waals surface area contributed by atoms with Gasteiger partial charge in [-0.1, -0.05) is 12.1 Å². The second-order valence-electron chi connectivity index (χ2n) is 4.64. The Morgan fingerprint density at radius 2 is 1.95 bits per heavy atom. The van der Waals surface area contributed by atoms with E-state index in [4.69, 9.17) is 0 Å². The number of rotatable bonds is 4. The predicted molar refractivity (Wildman–Crippen MR) is 78.9 cm³/mol. The third kappa shape index (κ3) is 3.41. The van der Waals surface area contributed by atoms with Gasteiger partial charge in [-0.2, -0.15) is 4.39 Å². The molecule has 6 heteroatoms. The van der Waals surface area contributed by atoms with Crippen LogP contribution in [0.1, 0.15) is 5.56 Å². The molecule has 0 atom stereocenters. The van der Waals surface area contributed by atoms with E-state index in [1.165, 1.54) is 24.4 Å². The molecule has 0 spiro atoms. The summed E-state index contributed by atoms with van der Waals surface area (Å²) in [6, 6.07) is 9.24. The standard InChI is InChI=1S/C16H12F2N4/c17-13-3-1-2-11(6-13)8-21-16-10-19-9-14(22-16)12-4-5-20-15(18)7-12/h1-7,9-10H,8H2,(H,21,22). The van der Waals surface area contributed by atoms with Crippen molar-refractivity contribution in [1.82, 2.24) is 15.0 Å². The largest absolute Gasteiger partial charge is 0.365 e. The fourth-order valence-corrected chi connectivity index (χ4v) is 1.99. The molecule has 22 heavy (non-hydrogen) atoms. The normalized spacial score (nSPS) is 10.5. The van der Waals surface area contributed by atoms with Gasteiger partial charge in [0.25, 0.3) is 0 Å². The number of aromatic nitrogens is 3. The van der Waals surface area contributed by atoms with E-state index in [-0.39, 0.29) is 5.82 Å². The lowest BCUT2D eigenvalue weighted by atomic mass is 10.2. The van der Waals surface area contributed by atoms with Gasteiger partial charge < -0.3 is 5.32 Å². The summed E-state index contributed by atoms with van der Waals surface area (Å²) in [6.45, 7) is 0.417. The topological polar surface area (TPSA) is 50.7 Å². The van der Waals surface area contributed by atoms with Gasteiger partial charge in [-0.3, -0.25) is 4.98 Å². The molecule has 1 N–H and O–H groups in total. The zero-order valence-electron chi connectivity index (χ0n) is 11.5. The Labute approximate surface area is 125 Å². The average molecular weight is 298 g/mol. The first-order valence-corrected chi connectivity index (χ1v) is 6.63. The van der Waals surface area contributed by atoms with E-state index in [2.05, 4.69) is 20.3 Å². The van der Waals surface area contributed by atoms with Gasteiger partial charge in [0.15, 0.2) is 0 Å². The van der Waals surface area contributed by atoms with Crippen molar-refractivity contribution in [2.75, 3.05) is 5.32 Å². The van der Waals surface area contributed by atoms with Gasteiger partial charge in [0, 0.05) is 24.4 Å². The maximum absolute atomic E-state index is 13.2. The summed E-state index contributed by atoms with van der Waals surface area (Å²) in [6.07, 6.45) is 4.47. The molecule has 0 saturated carbocycles. The minimum Gasteiger partial charge on any atom is -0.365 e. The van der Waals surface area contributed by atoms with E-state index in [1.54, 1.807) is 24.5 Å². The number of nitrogens with one attached hydrogen (secondary N) is 1. The van der Waals surface area contributed by atoms with Crippen LogP contribution in [0.4, 0.5) is 14.6 Å². The van der Waals surface area contributed by atoms with Crippen LogP contribution in [0.25, 0.3) is 11.3 Å². The Bertz CT molecular complexity index is 792. The van der Waals surface area contributed by atoms with Crippen LogP contribution < -0.4 is 5.32 Å². The molecule has 0 aliphatic rings. The van der Waals surface area contributed by atoms with E-state index in [1.807, 2.05) is 6.07 Å². The Balaban J connectivity index is 1.77. The number of anilines is 1. The van der Waals surface area contributed by atoms with Crippen LogP contribution in [-0.2, 0) is 6.54 Å². The Morgan fingerprint density at radius 1 is 1.05 bits per heavy atom. The first-order valence-electron chi connectivity index (χ1n) is 6.63. The Kier molecular flexibility index (Phi) is 4.00. The molecule has 4 nitrogen and oxygen atoms in total. The molecule has 2 heterocycles. The van der Waals surface area contributed by atoms with Gasteiger partial charge in [0.1, 0.15) is 11.6 Å².